The Morgan fingerprint density at radius 3 is 1.38 bits per heavy atom. The molecule has 156 valence electrons. The van der Waals surface area contributed by atoms with Gasteiger partial charge >= 0.3 is 11.9 Å². The third-order valence-electron chi connectivity index (χ3n) is 4.43. The van der Waals surface area contributed by atoms with E-state index in [1.807, 2.05) is 0 Å². The average Bonchev–Trinajstić information content (AvgIpc) is 2.69. The van der Waals surface area contributed by atoms with Crippen LogP contribution >= 0.6 is 0 Å². The fourth-order valence-corrected chi connectivity index (χ4v) is 2.90. The molecule has 0 aliphatic rings. The summed E-state index contributed by atoms with van der Waals surface area (Å²) in [5, 5.41) is 0. The quantitative estimate of drug-likeness (QED) is 0.529. The van der Waals surface area contributed by atoms with Gasteiger partial charge in [0.15, 0.2) is 0 Å². The van der Waals surface area contributed by atoms with Gasteiger partial charge in [0.1, 0.15) is 12.2 Å². The van der Waals surface area contributed by atoms with Crippen molar-refractivity contribution in [2.45, 2.75) is 45.3 Å². The minimum absolute atomic E-state index is 0.313. The van der Waals surface area contributed by atoms with E-state index in [0.717, 1.165) is 11.1 Å². The van der Waals surface area contributed by atoms with Crippen molar-refractivity contribution in [3.8, 4) is 0 Å². The Labute approximate surface area is 169 Å². The molecule has 0 saturated heterocycles. The van der Waals surface area contributed by atoms with Crippen molar-refractivity contribution in [2.75, 3.05) is 13.3 Å². The van der Waals surface area contributed by atoms with Gasteiger partial charge in [0.25, 0.3) is 0 Å². The maximum atomic E-state index is 12.3. The Hall–Kier alpha value is -2.76. The first kappa shape index (κ1) is 22.5. The Kier molecular flexibility index (Phi) is 8.77. The first-order chi connectivity index (χ1) is 13.9. The van der Waals surface area contributed by atoms with E-state index in [1.54, 1.807) is 62.4 Å². The monoisotopic (exact) mass is 404 g/mol. The van der Waals surface area contributed by atoms with Crippen LogP contribution in [0.15, 0.2) is 48.5 Å². The summed E-state index contributed by atoms with van der Waals surface area (Å²) in [5.41, 5.74) is 2.40. The molecule has 0 bridgehead atoms. The molecule has 29 heavy (non-hydrogen) atoms. The highest BCUT2D eigenvalue weighted by Gasteiger charge is 2.18. The van der Waals surface area contributed by atoms with E-state index < -0.39 is 37.5 Å². The van der Waals surface area contributed by atoms with Crippen molar-refractivity contribution in [2.24, 2.45) is 0 Å². The summed E-state index contributed by atoms with van der Waals surface area (Å²) in [4.78, 5) is 24.4. The molecule has 0 heterocycles. The number of ether oxygens (including phenoxy) is 2. The number of hydrogen-bond donors (Lipinski definition) is 0. The van der Waals surface area contributed by atoms with E-state index in [4.69, 9.17) is 9.47 Å². The Morgan fingerprint density at radius 1 is 0.724 bits per heavy atom. The second-order valence-electron chi connectivity index (χ2n) is 6.94. The first-order valence-electron chi connectivity index (χ1n) is 9.64. The van der Waals surface area contributed by atoms with Crippen LogP contribution in [0, 0.1) is 0 Å². The molecule has 2 unspecified atom stereocenters. The molecule has 4 nitrogen and oxygen atoms in total. The minimum atomic E-state index is -0.480. The fourth-order valence-electron chi connectivity index (χ4n) is 2.90. The summed E-state index contributed by atoms with van der Waals surface area (Å²) in [7, 11) is 0. The van der Waals surface area contributed by atoms with Gasteiger partial charge < -0.3 is 9.47 Å². The maximum absolute atomic E-state index is 12.3. The van der Waals surface area contributed by atoms with Gasteiger partial charge in [0, 0.05) is 19.3 Å². The van der Waals surface area contributed by atoms with Crippen LogP contribution in [0.5, 0.6) is 0 Å². The van der Waals surface area contributed by atoms with Crippen molar-refractivity contribution in [3.63, 3.8) is 0 Å². The minimum Gasteiger partial charge on any atom is -0.459 e. The zero-order chi connectivity index (χ0) is 21.2. The van der Waals surface area contributed by atoms with Crippen LogP contribution in [0.3, 0.4) is 0 Å². The van der Waals surface area contributed by atoms with Gasteiger partial charge in [-0.25, -0.2) is 9.59 Å². The highest BCUT2D eigenvalue weighted by molar-refractivity contribution is 5.90. The zero-order valence-corrected chi connectivity index (χ0v) is 16.7. The predicted octanol–water partition coefficient (Wildman–Crippen LogP) is 4.89. The molecule has 0 amide bonds. The largest absolute Gasteiger partial charge is 0.459 e. The van der Waals surface area contributed by atoms with Crippen molar-refractivity contribution in [1.82, 2.24) is 0 Å². The van der Waals surface area contributed by atoms with Crippen LogP contribution in [0.4, 0.5) is 8.78 Å². The number of halogens is 2. The summed E-state index contributed by atoms with van der Waals surface area (Å²) in [5.74, 6) is -0.961. The van der Waals surface area contributed by atoms with E-state index in [0.29, 0.717) is 30.4 Å². The molecule has 0 aliphatic carbocycles. The molecule has 0 aliphatic heterocycles. The second-order valence-corrected chi connectivity index (χ2v) is 6.94. The number of carbonyl (C=O) groups excluding carboxylic acids is 2. The normalized spacial score (nSPS) is 12.8. The van der Waals surface area contributed by atoms with Gasteiger partial charge in [-0.3, -0.25) is 8.78 Å². The average molecular weight is 404 g/mol. The molecule has 0 saturated carbocycles. The molecule has 2 atom stereocenters. The lowest BCUT2D eigenvalue weighted by Gasteiger charge is -2.19. The highest BCUT2D eigenvalue weighted by atomic mass is 19.1. The molecule has 2 aromatic rings. The van der Waals surface area contributed by atoms with E-state index in [-0.39, 0.29) is 0 Å². The van der Waals surface area contributed by atoms with Crippen LogP contribution in [-0.4, -0.2) is 37.5 Å². The number of rotatable bonds is 10. The Morgan fingerprint density at radius 2 is 1.07 bits per heavy atom. The molecule has 2 aromatic carbocycles. The van der Waals surface area contributed by atoms with Gasteiger partial charge in [-0.1, -0.05) is 24.3 Å². The maximum Gasteiger partial charge on any atom is 0.338 e. The van der Waals surface area contributed by atoms with Crippen LogP contribution < -0.4 is 0 Å². The van der Waals surface area contributed by atoms with E-state index in [1.165, 1.54) is 0 Å². The molecule has 0 aromatic heterocycles. The topological polar surface area (TPSA) is 52.6 Å². The Bertz CT molecular complexity index is 720. The van der Waals surface area contributed by atoms with Crippen molar-refractivity contribution >= 4 is 11.9 Å². The van der Waals surface area contributed by atoms with Gasteiger partial charge in [-0.05, 0) is 49.2 Å². The SMILES string of the molecule is CC(CC(C)OC(=O)c1ccc(CCF)cc1)OC(=O)c1ccc(CCF)cc1. The Balaban J connectivity index is 1.82. The van der Waals surface area contributed by atoms with Crippen molar-refractivity contribution in [3.05, 3.63) is 70.8 Å². The molecule has 2 rings (SSSR count). The second kappa shape index (κ2) is 11.3. The lowest BCUT2D eigenvalue weighted by Crippen LogP contribution is -2.23. The fraction of sp³-hybridized carbons (Fsp3) is 0.391. The molecular weight excluding hydrogens is 378 g/mol. The van der Waals surface area contributed by atoms with Crippen molar-refractivity contribution < 1.29 is 27.8 Å². The third-order valence-corrected chi connectivity index (χ3v) is 4.43. The van der Waals surface area contributed by atoms with Gasteiger partial charge in [0.05, 0.1) is 24.5 Å². The summed E-state index contributed by atoms with van der Waals surface area (Å²) in [6, 6.07) is 13.2. The number of aryl methyl sites for hydroxylation is 2. The smallest absolute Gasteiger partial charge is 0.338 e. The van der Waals surface area contributed by atoms with E-state index >= 15 is 0 Å². The number of carbonyl (C=O) groups is 2. The summed E-state index contributed by atoms with van der Waals surface area (Å²) >= 11 is 0. The third kappa shape index (κ3) is 7.29. The number of alkyl halides is 2. The van der Waals surface area contributed by atoms with Crippen LogP contribution in [-0.2, 0) is 22.3 Å². The molecule has 0 radical (unpaired) electrons. The lowest BCUT2D eigenvalue weighted by molar-refractivity contribution is 0.00764. The first-order valence-corrected chi connectivity index (χ1v) is 9.64. The van der Waals surface area contributed by atoms with Gasteiger partial charge in [0.2, 0.25) is 0 Å². The summed E-state index contributed by atoms with van der Waals surface area (Å²) in [6.07, 6.45) is 0.0584. The number of benzene rings is 2. The molecular formula is C23H26F2O4. The standard InChI is InChI=1S/C23H26F2O4/c1-16(28-22(26)20-7-3-18(4-8-20)11-13-24)15-17(2)29-23(27)21-9-5-19(6-10-21)12-14-25/h3-10,16-17H,11-15H2,1-2H3. The van der Waals surface area contributed by atoms with E-state index in [9.17, 15) is 18.4 Å². The van der Waals surface area contributed by atoms with Crippen LogP contribution in [0.1, 0.15) is 52.1 Å². The van der Waals surface area contributed by atoms with Crippen molar-refractivity contribution in [1.29, 1.82) is 0 Å². The van der Waals surface area contributed by atoms with E-state index in [2.05, 4.69) is 0 Å². The number of esters is 2. The summed E-state index contributed by atoms with van der Waals surface area (Å²) in [6.45, 7) is 2.56. The molecule has 0 fully saturated rings. The van der Waals surface area contributed by atoms with Crippen LogP contribution in [0.25, 0.3) is 0 Å². The summed E-state index contributed by atoms with van der Waals surface area (Å²) < 4.78 is 35.5. The highest BCUT2D eigenvalue weighted by Crippen LogP contribution is 2.14. The van der Waals surface area contributed by atoms with Gasteiger partial charge in [-0.15, -0.1) is 0 Å². The van der Waals surface area contributed by atoms with Crippen LogP contribution in [0.2, 0.25) is 0 Å². The van der Waals surface area contributed by atoms with Gasteiger partial charge in [-0.2, -0.15) is 0 Å². The zero-order valence-electron chi connectivity index (χ0n) is 16.7. The number of hydrogen-bond acceptors (Lipinski definition) is 4. The molecule has 0 spiro atoms. The lowest BCUT2D eigenvalue weighted by atomic mass is 10.1. The molecule has 6 heteroatoms. The molecule has 0 N–H and O–H groups in total. The predicted molar refractivity (Wildman–Crippen MR) is 107 cm³/mol.